The van der Waals surface area contributed by atoms with Crippen molar-refractivity contribution in [1.82, 2.24) is 5.32 Å². The van der Waals surface area contributed by atoms with Crippen molar-refractivity contribution in [2.75, 3.05) is 0 Å². The van der Waals surface area contributed by atoms with Crippen molar-refractivity contribution in [3.05, 3.63) is 35.4 Å². The van der Waals surface area contributed by atoms with E-state index in [1.165, 1.54) is 6.42 Å². The third-order valence-corrected chi connectivity index (χ3v) is 5.08. The van der Waals surface area contributed by atoms with Crippen LogP contribution in [0.2, 0.25) is 0 Å². The Morgan fingerprint density at radius 3 is 2.28 bits per heavy atom. The van der Waals surface area contributed by atoms with Crippen LogP contribution in [-0.4, -0.2) is 24.0 Å². The number of nitrogens with one attached hydrogen (secondary N) is 1. The zero-order chi connectivity index (χ0) is 18.6. The average Bonchev–Trinajstić information content (AvgIpc) is 2.56. The lowest BCUT2D eigenvalue weighted by atomic mass is 9.86. The first kappa shape index (κ1) is 19.5. The highest BCUT2D eigenvalue weighted by molar-refractivity contribution is 5.92. The van der Waals surface area contributed by atoms with Crippen LogP contribution in [0.5, 0.6) is 0 Å². The minimum Gasteiger partial charge on any atom is -0.449 e. The molecule has 1 N–H and O–H groups in total. The lowest BCUT2D eigenvalue weighted by molar-refractivity contribution is -0.130. The summed E-state index contributed by atoms with van der Waals surface area (Å²) in [6, 6.07) is 7.58. The van der Waals surface area contributed by atoms with Crippen LogP contribution in [0.15, 0.2) is 24.3 Å². The predicted molar refractivity (Wildman–Crippen MR) is 99.6 cm³/mol. The van der Waals surface area contributed by atoms with E-state index in [1.54, 1.807) is 19.1 Å². The molecule has 0 radical (unpaired) electrons. The molecule has 0 aromatic heterocycles. The van der Waals surface area contributed by atoms with Gasteiger partial charge in [0.05, 0.1) is 5.56 Å². The quantitative estimate of drug-likeness (QED) is 0.831. The molecular formula is C21H31NO3. The molecule has 0 unspecified atom stereocenters. The number of benzene rings is 1. The van der Waals surface area contributed by atoms with Crippen molar-refractivity contribution in [2.45, 2.75) is 77.9 Å². The maximum Gasteiger partial charge on any atom is 0.338 e. The highest BCUT2D eigenvalue weighted by Gasteiger charge is 2.26. The van der Waals surface area contributed by atoms with Crippen LogP contribution >= 0.6 is 0 Å². The summed E-state index contributed by atoms with van der Waals surface area (Å²) < 4.78 is 5.35. The largest absolute Gasteiger partial charge is 0.449 e. The van der Waals surface area contributed by atoms with E-state index >= 15 is 0 Å². The molecule has 1 saturated carbocycles. The lowest BCUT2D eigenvalue weighted by Gasteiger charge is -2.30. The first-order chi connectivity index (χ1) is 11.7. The number of hydrogen-bond acceptors (Lipinski definition) is 3. The van der Waals surface area contributed by atoms with Crippen LogP contribution in [0, 0.1) is 5.92 Å². The fourth-order valence-corrected chi connectivity index (χ4v) is 3.22. The number of carbonyl (C=O) groups excluding carboxylic acids is 2. The van der Waals surface area contributed by atoms with Crippen molar-refractivity contribution >= 4 is 11.9 Å². The normalized spacial score (nSPS) is 22.1. The van der Waals surface area contributed by atoms with Crippen molar-refractivity contribution in [3.63, 3.8) is 0 Å². The smallest absolute Gasteiger partial charge is 0.338 e. The number of carbonyl (C=O) groups is 2. The van der Waals surface area contributed by atoms with Gasteiger partial charge in [0.25, 0.3) is 5.91 Å². The summed E-state index contributed by atoms with van der Waals surface area (Å²) >= 11 is 0. The van der Waals surface area contributed by atoms with Crippen molar-refractivity contribution in [2.24, 2.45) is 5.92 Å². The Morgan fingerprint density at radius 1 is 1.12 bits per heavy atom. The molecule has 1 fully saturated rings. The Labute approximate surface area is 151 Å². The second-order valence-electron chi connectivity index (χ2n) is 8.25. The van der Waals surface area contributed by atoms with Gasteiger partial charge in [-0.2, -0.15) is 0 Å². The van der Waals surface area contributed by atoms with Gasteiger partial charge in [-0.1, -0.05) is 52.7 Å². The Morgan fingerprint density at radius 2 is 1.72 bits per heavy atom. The van der Waals surface area contributed by atoms with E-state index in [9.17, 15) is 9.59 Å². The summed E-state index contributed by atoms with van der Waals surface area (Å²) in [7, 11) is 0. The number of esters is 1. The zero-order valence-electron chi connectivity index (χ0n) is 16.1. The molecule has 3 atom stereocenters. The Kier molecular flexibility index (Phi) is 6.26. The number of rotatable bonds is 4. The second-order valence-corrected chi connectivity index (χ2v) is 8.25. The van der Waals surface area contributed by atoms with Gasteiger partial charge in [-0.15, -0.1) is 0 Å². The van der Waals surface area contributed by atoms with Crippen molar-refractivity contribution in [3.8, 4) is 0 Å². The molecule has 0 aliphatic heterocycles. The third kappa shape index (κ3) is 5.32. The molecule has 0 heterocycles. The Bertz CT molecular complexity index is 601. The molecule has 1 aromatic rings. The monoisotopic (exact) mass is 345 g/mol. The van der Waals surface area contributed by atoms with E-state index in [0.29, 0.717) is 11.5 Å². The summed E-state index contributed by atoms with van der Waals surface area (Å²) in [6.07, 6.45) is 3.72. The highest BCUT2D eigenvalue weighted by Crippen LogP contribution is 2.24. The Hall–Kier alpha value is -1.84. The van der Waals surface area contributed by atoms with Crippen LogP contribution in [0.25, 0.3) is 0 Å². The first-order valence-electron chi connectivity index (χ1n) is 9.30. The van der Waals surface area contributed by atoms with Gasteiger partial charge in [-0.05, 0) is 48.8 Å². The summed E-state index contributed by atoms with van der Waals surface area (Å²) in [5.41, 5.74) is 1.66. The molecule has 4 heteroatoms. The summed E-state index contributed by atoms with van der Waals surface area (Å²) in [6.45, 7) is 10.2. The van der Waals surface area contributed by atoms with Gasteiger partial charge in [0.15, 0.2) is 6.10 Å². The zero-order valence-corrected chi connectivity index (χ0v) is 16.1. The topological polar surface area (TPSA) is 55.4 Å². The average molecular weight is 345 g/mol. The molecule has 1 aromatic carbocycles. The maximum atomic E-state index is 12.3. The maximum absolute atomic E-state index is 12.3. The predicted octanol–water partition coefficient (Wildman–Crippen LogP) is 4.22. The van der Waals surface area contributed by atoms with Crippen LogP contribution in [-0.2, 0) is 14.9 Å². The number of ether oxygens (including phenoxy) is 1. The molecule has 138 valence electrons. The molecule has 2 rings (SSSR count). The molecule has 1 aliphatic carbocycles. The van der Waals surface area contributed by atoms with Gasteiger partial charge in [-0.3, -0.25) is 4.79 Å². The minimum atomic E-state index is -0.788. The third-order valence-electron chi connectivity index (χ3n) is 5.08. The van der Waals surface area contributed by atoms with Gasteiger partial charge in [0, 0.05) is 6.04 Å². The van der Waals surface area contributed by atoms with E-state index in [-0.39, 0.29) is 17.4 Å². The summed E-state index contributed by atoms with van der Waals surface area (Å²) in [5.74, 6) is -0.191. The van der Waals surface area contributed by atoms with E-state index in [4.69, 9.17) is 4.74 Å². The van der Waals surface area contributed by atoms with E-state index in [2.05, 4.69) is 33.0 Å². The van der Waals surface area contributed by atoms with Crippen LogP contribution in [0.4, 0.5) is 0 Å². The number of hydrogen-bond donors (Lipinski definition) is 1. The van der Waals surface area contributed by atoms with Gasteiger partial charge in [0.2, 0.25) is 0 Å². The van der Waals surface area contributed by atoms with E-state index in [1.807, 2.05) is 12.1 Å². The molecule has 0 spiro atoms. The van der Waals surface area contributed by atoms with Gasteiger partial charge in [0.1, 0.15) is 0 Å². The minimum absolute atomic E-state index is 0.0340. The molecule has 0 saturated heterocycles. The standard InChI is InChI=1S/C21H31NO3/c1-14-8-6-7-9-18(14)22-19(23)15(2)25-20(24)16-10-12-17(13-11-16)21(3,4)5/h10-15,18H,6-9H2,1-5H3,(H,22,23)/t14-,15+,18-/m0/s1. The van der Waals surface area contributed by atoms with Crippen molar-refractivity contribution < 1.29 is 14.3 Å². The van der Waals surface area contributed by atoms with Crippen LogP contribution in [0.3, 0.4) is 0 Å². The van der Waals surface area contributed by atoms with Crippen molar-refractivity contribution in [1.29, 1.82) is 0 Å². The summed E-state index contributed by atoms with van der Waals surface area (Å²) in [4.78, 5) is 24.6. The van der Waals surface area contributed by atoms with Gasteiger partial charge in [-0.25, -0.2) is 4.79 Å². The lowest BCUT2D eigenvalue weighted by Crippen LogP contribution is -2.45. The second kappa shape index (κ2) is 8.03. The van der Waals surface area contributed by atoms with Crippen LogP contribution < -0.4 is 5.32 Å². The SMILES string of the molecule is C[C@@H](OC(=O)c1ccc(C(C)(C)C)cc1)C(=O)N[C@H]1CCCC[C@@H]1C. The van der Waals surface area contributed by atoms with Crippen LogP contribution in [0.1, 0.15) is 76.2 Å². The Balaban J connectivity index is 1.91. The fourth-order valence-electron chi connectivity index (χ4n) is 3.22. The first-order valence-corrected chi connectivity index (χ1v) is 9.30. The summed E-state index contributed by atoms with van der Waals surface area (Å²) in [5, 5.41) is 3.04. The molecular weight excluding hydrogens is 314 g/mol. The molecule has 1 amide bonds. The molecule has 1 aliphatic rings. The molecule has 25 heavy (non-hydrogen) atoms. The van der Waals surface area contributed by atoms with Gasteiger partial charge < -0.3 is 10.1 Å². The fraction of sp³-hybridized carbons (Fsp3) is 0.619. The molecule has 0 bridgehead atoms. The van der Waals surface area contributed by atoms with E-state index in [0.717, 1.165) is 24.8 Å². The highest BCUT2D eigenvalue weighted by atomic mass is 16.5. The molecule has 4 nitrogen and oxygen atoms in total. The number of amides is 1. The van der Waals surface area contributed by atoms with E-state index < -0.39 is 12.1 Å². The van der Waals surface area contributed by atoms with Gasteiger partial charge >= 0.3 is 5.97 Å².